The zero-order valence-corrected chi connectivity index (χ0v) is 12.7. The summed E-state index contributed by atoms with van der Waals surface area (Å²) >= 11 is 1.00. The van der Waals surface area contributed by atoms with Gasteiger partial charge in [0.25, 0.3) is 5.69 Å². The smallest absolute Gasteiger partial charge is 0.305 e. The fourth-order valence-corrected chi connectivity index (χ4v) is 2.66. The molecule has 1 fully saturated rings. The van der Waals surface area contributed by atoms with E-state index in [0.717, 1.165) is 11.8 Å². The Bertz CT molecular complexity index is 714. The number of nitro benzene ring substituents is 1. The van der Waals surface area contributed by atoms with Crippen molar-refractivity contribution in [2.45, 2.75) is 18.6 Å². The van der Waals surface area contributed by atoms with Gasteiger partial charge in [-0.2, -0.15) is 5.10 Å². The van der Waals surface area contributed by atoms with Gasteiger partial charge in [-0.1, -0.05) is 11.8 Å². The van der Waals surface area contributed by atoms with E-state index < -0.39 is 22.0 Å². The molecular formula is C13H12N4O5S. The van der Waals surface area contributed by atoms with Crippen LogP contribution < -0.4 is 5.32 Å². The van der Waals surface area contributed by atoms with Crippen molar-refractivity contribution < 1.29 is 19.6 Å². The van der Waals surface area contributed by atoms with Gasteiger partial charge in [-0.25, -0.2) is 0 Å². The predicted octanol–water partition coefficient (Wildman–Crippen LogP) is 1.38. The van der Waals surface area contributed by atoms with Gasteiger partial charge in [0.1, 0.15) is 5.25 Å². The van der Waals surface area contributed by atoms with Gasteiger partial charge in [0.05, 0.1) is 17.1 Å². The van der Waals surface area contributed by atoms with Crippen LogP contribution in [0.1, 0.15) is 18.9 Å². The maximum absolute atomic E-state index is 11.5. The number of carbonyl (C=O) groups excluding carboxylic acids is 1. The van der Waals surface area contributed by atoms with Gasteiger partial charge in [0.15, 0.2) is 5.17 Å². The van der Waals surface area contributed by atoms with Crippen LogP contribution in [0.15, 0.2) is 34.5 Å². The normalized spacial score (nSPS) is 19.7. The molecule has 1 saturated heterocycles. The third-order valence-corrected chi connectivity index (χ3v) is 4.00. The number of non-ortho nitro benzene ring substituents is 1. The maximum Gasteiger partial charge on any atom is 0.305 e. The fourth-order valence-electron chi connectivity index (χ4n) is 1.75. The number of hydrogen-bond acceptors (Lipinski definition) is 7. The number of amides is 1. The number of thioether (sulfide) groups is 1. The highest BCUT2D eigenvalue weighted by molar-refractivity contribution is 8.15. The van der Waals surface area contributed by atoms with Crippen LogP contribution in [-0.4, -0.2) is 38.0 Å². The molecule has 2 rings (SSSR count). The van der Waals surface area contributed by atoms with Crippen LogP contribution in [0.4, 0.5) is 5.69 Å². The molecule has 1 amide bonds. The topological polar surface area (TPSA) is 134 Å². The van der Waals surface area contributed by atoms with Crippen LogP contribution in [-0.2, 0) is 9.59 Å². The number of nitrogens with one attached hydrogen (secondary N) is 1. The van der Waals surface area contributed by atoms with E-state index in [1.807, 2.05) is 0 Å². The lowest BCUT2D eigenvalue weighted by Gasteiger charge is -1.99. The Kier molecular flexibility index (Phi) is 5.06. The molecule has 1 aromatic rings. The number of hydrogen-bond donors (Lipinski definition) is 2. The number of nitro groups is 1. The first kappa shape index (κ1) is 16.6. The Morgan fingerprint density at radius 3 is 2.65 bits per heavy atom. The molecule has 2 N–H and O–H groups in total. The molecule has 1 aliphatic heterocycles. The maximum atomic E-state index is 11.5. The zero-order valence-electron chi connectivity index (χ0n) is 11.9. The Morgan fingerprint density at radius 1 is 1.43 bits per heavy atom. The number of carboxylic acid groups (broad SMARTS) is 1. The first-order chi connectivity index (χ1) is 10.9. The summed E-state index contributed by atoms with van der Waals surface area (Å²) in [5.74, 6) is -1.48. The summed E-state index contributed by atoms with van der Waals surface area (Å²) in [6.07, 6.45) is -0.291. The van der Waals surface area contributed by atoms with Gasteiger partial charge in [-0.05, 0) is 24.6 Å². The summed E-state index contributed by atoms with van der Waals surface area (Å²) in [5.41, 5.74) is 1.13. The molecule has 9 nitrogen and oxygen atoms in total. The lowest BCUT2D eigenvalue weighted by atomic mass is 10.1. The molecular weight excluding hydrogens is 324 g/mol. The van der Waals surface area contributed by atoms with Gasteiger partial charge >= 0.3 is 5.97 Å². The predicted molar refractivity (Wildman–Crippen MR) is 84.5 cm³/mol. The molecule has 120 valence electrons. The van der Waals surface area contributed by atoms with Crippen LogP contribution >= 0.6 is 11.8 Å². The van der Waals surface area contributed by atoms with E-state index in [-0.39, 0.29) is 17.3 Å². The van der Waals surface area contributed by atoms with E-state index in [1.165, 1.54) is 12.1 Å². The van der Waals surface area contributed by atoms with Crippen LogP contribution in [0, 0.1) is 10.1 Å². The number of rotatable bonds is 5. The van der Waals surface area contributed by atoms with E-state index in [9.17, 15) is 19.7 Å². The SMILES string of the molecule is CC(=N/N=C1\NC(=O)C(CC(=O)O)S1)c1ccc([N+](=O)[O-])cc1. The van der Waals surface area contributed by atoms with Crippen molar-refractivity contribution in [1.29, 1.82) is 0 Å². The zero-order chi connectivity index (χ0) is 17.0. The van der Waals surface area contributed by atoms with Crippen molar-refractivity contribution in [3.05, 3.63) is 39.9 Å². The lowest BCUT2D eigenvalue weighted by Crippen LogP contribution is -2.26. The second-order valence-electron chi connectivity index (χ2n) is 4.59. The second-order valence-corrected chi connectivity index (χ2v) is 5.78. The molecule has 0 bridgehead atoms. The van der Waals surface area contributed by atoms with Crippen molar-refractivity contribution in [3.8, 4) is 0 Å². The molecule has 10 heteroatoms. The molecule has 0 spiro atoms. The third kappa shape index (κ3) is 4.36. The summed E-state index contributed by atoms with van der Waals surface area (Å²) in [7, 11) is 0. The minimum atomic E-state index is -1.07. The number of benzene rings is 1. The number of amidine groups is 1. The Morgan fingerprint density at radius 2 is 2.09 bits per heavy atom. The molecule has 1 aliphatic rings. The fraction of sp³-hybridized carbons (Fsp3) is 0.231. The minimum absolute atomic E-state index is 0.0250. The van der Waals surface area contributed by atoms with Crippen molar-refractivity contribution in [3.63, 3.8) is 0 Å². The third-order valence-electron chi connectivity index (χ3n) is 2.92. The Labute approximate surface area is 134 Å². The van der Waals surface area contributed by atoms with E-state index in [1.54, 1.807) is 19.1 Å². The summed E-state index contributed by atoms with van der Waals surface area (Å²) in [5, 5.41) is 29.1. The molecule has 1 atom stereocenters. The van der Waals surface area contributed by atoms with E-state index in [2.05, 4.69) is 15.5 Å². The molecule has 1 heterocycles. The highest BCUT2D eigenvalue weighted by Gasteiger charge is 2.32. The van der Waals surface area contributed by atoms with Crippen LogP contribution in [0.25, 0.3) is 0 Å². The molecule has 0 aromatic heterocycles. The first-order valence-electron chi connectivity index (χ1n) is 6.43. The van der Waals surface area contributed by atoms with Gasteiger partial charge in [0.2, 0.25) is 5.91 Å². The van der Waals surface area contributed by atoms with Gasteiger partial charge in [-0.15, -0.1) is 5.10 Å². The van der Waals surface area contributed by atoms with Gasteiger partial charge < -0.3 is 10.4 Å². The first-order valence-corrected chi connectivity index (χ1v) is 7.31. The lowest BCUT2D eigenvalue weighted by molar-refractivity contribution is -0.384. The number of carboxylic acids is 1. The number of carbonyl (C=O) groups is 2. The Balaban J connectivity index is 2.08. The number of nitrogens with zero attached hydrogens (tertiary/aromatic N) is 3. The molecule has 0 saturated carbocycles. The van der Waals surface area contributed by atoms with Gasteiger partial charge in [-0.3, -0.25) is 19.7 Å². The number of aliphatic carboxylic acids is 1. The average Bonchev–Trinajstić information content (AvgIpc) is 2.84. The van der Waals surface area contributed by atoms with Gasteiger partial charge in [0, 0.05) is 12.1 Å². The quantitative estimate of drug-likeness (QED) is 0.474. The molecule has 23 heavy (non-hydrogen) atoms. The van der Waals surface area contributed by atoms with E-state index in [4.69, 9.17) is 5.11 Å². The average molecular weight is 336 g/mol. The van der Waals surface area contributed by atoms with Crippen molar-refractivity contribution >= 4 is 40.2 Å². The molecule has 0 radical (unpaired) electrons. The van der Waals surface area contributed by atoms with Crippen LogP contribution in [0.3, 0.4) is 0 Å². The summed E-state index contributed by atoms with van der Waals surface area (Å²) in [6, 6.07) is 5.81. The van der Waals surface area contributed by atoms with E-state index >= 15 is 0 Å². The summed E-state index contributed by atoms with van der Waals surface area (Å²) in [4.78, 5) is 32.3. The largest absolute Gasteiger partial charge is 0.481 e. The minimum Gasteiger partial charge on any atom is -0.481 e. The monoisotopic (exact) mass is 336 g/mol. The summed E-state index contributed by atoms with van der Waals surface area (Å²) < 4.78 is 0. The molecule has 1 unspecified atom stereocenters. The highest BCUT2D eigenvalue weighted by Crippen LogP contribution is 2.22. The Hall–Kier alpha value is -2.75. The summed E-state index contributed by atoms with van der Waals surface area (Å²) in [6.45, 7) is 1.67. The van der Waals surface area contributed by atoms with E-state index in [0.29, 0.717) is 11.3 Å². The van der Waals surface area contributed by atoms with Crippen LogP contribution in [0.5, 0.6) is 0 Å². The standard InChI is InChI=1S/C13H12N4O5S/c1-7(8-2-4-9(5-3-8)17(21)22)15-16-13-14-12(20)10(23-13)6-11(18)19/h2-5,10H,6H2,1H3,(H,18,19)(H,14,16,20). The van der Waals surface area contributed by atoms with Crippen LogP contribution in [0.2, 0.25) is 0 Å². The van der Waals surface area contributed by atoms with Crippen molar-refractivity contribution in [2.24, 2.45) is 10.2 Å². The highest BCUT2D eigenvalue weighted by atomic mass is 32.2. The molecule has 1 aromatic carbocycles. The van der Waals surface area contributed by atoms with Crippen molar-refractivity contribution in [2.75, 3.05) is 0 Å². The van der Waals surface area contributed by atoms with Crippen molar-refractivity contribution in [1.82, 2.24) is 5.32 Å². The molecule has 0 aliphatic carbocycles. The second kappa shape index (κ2) is 7.01.